The van der Waals surface area contributed by atoms with Gasteiger partial charge in [-0.25, -0.2) is 4.98 Å². The maximum Gasteiger partial charge on any atom is 0.224 e. The summed E-state index contributed by atoms with van der Waals surface area (Å²) >= 11 is 0. The average Bonchev–Trinajstić information content (AvgIpc) is 2.81. The van der Waals surface area contributed by atoms with Crippen LogP contribution in [0, 0.1) is 0 Å². The molecule has 2 aromatic heterocycles. The minimum Gasteiger partial charge on any atom is -0.493 e. The second-order valence-corrected chi connectivity index (χ2v) is 7.15. The highest BCUT2D eigenvalue weighted by Gasteiger charge is 2.29. The van der Waals surface area contributed by atoms with Gasteiger partial charge in [-0.1, -0.05) is 24.3 Å². The molecule has 0 radical (unpaired) electrons. The molecule has 25 heavy (non-hydrogen) atoms. The minimum atomic E-state index is -0.396. The van der Waals surface area contributed by atoms with E-state index in [4.69, 9.17) is 4.98 Å². The van der Waals surface area contributed by atoms with Gasteiger partial charge in [0, 0.05) is 29.8 Å². The Morgan fingerprint density at radius 3 is 2.64 bits per heavy atom. The number of hydrogen-bond donors (Lipinski definition) is 1. The van der Waals surface area contributed by atoms with Gasteiger partial charge in [0.1, 0.15) is 11.3 Å². The molecule has 1 aromatic carbocycles. The monoisotopic (exact) mass is 337 g/mol. The van der Waals surface area contributed by atoms with Crippen LogP contribution < -0.4 is 4.90 Å². The number of rotatable bonds is 3. The number of hydrogen-bond acceptors (Lipinski definition) is 3. The zero-order valence-electron chi connectivity index (χ0n) is 15.1. The number of carbonyl (C=O) groups excluding carboxylic acids is 1. The van der Waals surface area contributed by atoms with E-state index in [0.29, 0.717) is 17.9 Å². The highest BCUT2D eigenvalue weighted by atomic mass is 16.3. The average molecular weight is 337 g/mol. The molecule has 0 aliphatic rings. The fraction of sp³-hybridized carbons (Fsp3) is 0.300. The summed E-state index contributed by atoms with van der Waals surface area (Å²) in [4.78, 5) is 18.5. The Kier molecular flexibility index (Phi) is 4.03. The molecule has 2 heterocycles. The lowest BCUT2D eigenvalue weighted by atomic mass is 10.1. The maximum absolute atomic E-state index is 12.2. The van der Waals surface area contributed by atoms with Gasteiger partial charge in [0.25, 0.3) is 0 Å². The van der Waals surface area contributed by atoms with E-state index in [1.165, 1.54) is 11.8 Å². The minimum absolute atomic E-state index is 0.0438. The largest absolute Gasteiger partial charge is 0.493 e. The number of benzene rings is 1. The predicted octanol–water partition coefficient (Wildman–Crippen LogP) is 4.19. The molecule has 0 fully saturated rings. The highest BCUT2D eigenvalue weighted by molar-refractivity contribution is 6.07. The summed E-state index contributed by atoms with van der Waals surface area (Å²) < 4.78 is 1.78. The fourth-order valence-corrected chi connectivity index (χ4v) is 3.19. The van der Waals surface area contributed by atoms with E-state index in [1.807, 2.05) is 51.1 Å². The van der Waals surface area contributed by atoms with Crippen molar-refractivity contribution < 1.29 is 9.90 Å². The summed E-state index contributed by atoms with van der Waals surface area (Å²) in [6.07, 6.45) is 1.65. The Bertz CT molecular complexity index is 980. The summed E-state index contributed by atoms with van der Waals surface area (Å²) in [6, 6.07) is 9.78. The zero-order valence-corrected chi connectivity index (χ0v) is 15.1. The second-order valence-electron chi connectivity index (χ2n) is 7.15. The smallest absolute Gasteiger partial charge is 0.224 e. The Morgan fingerprint density at radius 2 is 2.04 bits per heavy atom. The first-order chi connectivity index (χ1) is 11.8. The van der Waals surface area contributed by atoms with Crippen molar-refractivity contribution in [2.45, 2.75) is 33.2 Å². The molecule has 3 rings (SSSR count). The van der Waals surface area contributed by atoms with Crippen molar-refractivity contribution in [3.05, 3.63) is 43.0 Å². The van der Waals surface area contributed by atoms with E-state index in [-0.39, 0.29) is 11.8 Å². The molecule has 0 aliphatic heterocycles. The van der Waals surface area contributed by atoms with Crippen molar-refractivity contribution in [3.63, 3.8) is 0 Å². The van der Waals surface area contributed by atoms with Crippen LogP contribution >= 0.6 is 0 Å². The van der Waals surface area contributed by atoms with Crippen LogP contribution in [-0.2, 0) is 10.3 Å². The maximum atomic E-state index is 12.2. The van der Waals surface area contributed by atoms with Gasteiger partial charge in [-0.15, -0.1) is 6.58 Å². The van der Waals surface area contributed by atoms with Gasteiger partial charge >= 0.3 is 0 Å². The lowest BCUT2D eigenvalue weighted by Gasteiger charge is -2.24. The van der Waals surface area contributed by atoms with Crippen molar-refractivity contribution in [2.24, 2.45) is 0 Å². The first kappa shape index (κ1) is 17.0. The molecule has 0 atom stereocenters. The normalized spacial score (nSPS) is 11.8. The molecule has 1 amide bonds. The number of carbonyl (C=O) groups is 1. The van der Waals surface area contributed by atoms with Crippen molar-refractivity contribution in [3.8, 4) is 5.88 Å². The summed E-state index contributed by atoms with van der Waals surface area (Å²) in [5.74, 6) is -0.112. The molecule has 1 N–H and O–H groups in total. The molecule has 5 heteroatoms. The third-order valence-corrected chi connectivity index (χ3v) is 4.23. The van der Waals surface area contributed by atoms with Gasteiger partial charge in [0.2, 0.25) is 11.8 Å². The van der Waals surface area contributed by atoms with Gasteiger partial charge in [-0.05, 0) is 32.9 Å². The van der Waals surface area contributed by atoms with Crippen LogP contribution in [0.25, 0.3) is 21.9 Å². The predicted molar refractivity (Wildman–Crippen MR) is 102 cm³/mol. The third-order valence-electron chi connectivity index (χ3n) is 4.23. The number of nitrogens with zero attached hydrogens (tertiary/aromatic N) is 3. The molecular weight excluding hydrogens is 314 g/mol. The first-order valence-corrected chi connectivity index (χ1v) is 8.28. The van der Waals surface area contributed by atoms with E-state index in [0.717, 1.165) is 16.3 Å². The van der Waals surface area contributed by atoms with Gasteiger partial charge in [0.15, 0.2) is 0 Å². The third kappa shape index (κ3) is 2.76. The fourth-order valence-electron chi connectivity index (χ4n) is 3.19. The molecule has 3 aromatic rings. The van der Waals surface area contributed by atoms with Crippen molar-refractivity contribution >= 4 is 33.5 Å². The summed E-state index contributed by atoms with van der Waals surface area (Å²) in [7, 11) is 0. The van der Waals surface area contributed by atoms with E-state index in [9.17, 15) is 9.90 Å². The summed E-state index contributed by atoms with van der Waals surface area (Å²) in [5, 5.41) is 12.7. The van der Waals surface area contributed by atoms with Crippen LogP contribution in [0.2, 0.25) is 0 Å². The lowest BCUT2D eigenvalue weighted by Crippen LogP contribution is -2.28. The van der Waals surface area contributed by atoms with E-state index in [1.54, 1.807) is 10.6 Å². The van der Waals surface area contributed by atoms with Crippen molar-refractivity contribution in [1.29, 1.82) is 0 Å². The molecular formula is C20H23N3O2. The van der Waals surface area contributed by atoms with Gasteiger partial charge in [-0.3, -0.25) is 9.36 Å². The number of pyridine rings is 1. The number of anilines is 1. The molecule has 0 spiro atoms. The number of aromatic hydroxyl groups is 1. The molecule has 0 saturated carbocycles. The summed E-state index contributed by atoms with van der Waals surface area (Å²) in [5.41, 5.74) is 1.60. The number of amides is 1. The topological polar surface area (TPSA) is 58.4 Å². The zero-order chi connectivity index (χ0) is 18.4. The SMILES string of the molecule is C=CCN(C(C)=O)c1c(O)n(C(C)(C)C)c2nc3ccccc3cc12. The van der Waals surface area contributed by atoms with Crippen molar-refractivity contribution in [2.75, 3.05) is 11.4 Å². The Balaban J connectivity index is 2.47. The van der Waals surface area contributed by atoms with Crippen LogP contribution in [-0.4, -0.2) is 27.1 Å². The lowest BCUT2D eigenvalue weighted by molar-refractivity contribution is -0.116. The highest BCUT2D eigenvalue weighted by Crippen LogP contribution is 2.42. The van der Waals surface area contributed by atoms with Gasteiger partial charge < -0.3 is 10.0 Å². The molecule has 0 unspecified atom stereocenters. The van der Waals surface area contributed by atoms with Crippen LogP contribution in [0.15, 0.2) is 43.0 Å². The Morgan fingerprint density at radius 1 is 1.36 bits per heavy atom. The van der Waals surface area contributed by atoms with Crippen LogP contribution in [0.3, 0.4) is 0 Å². The van der Waals surface area contributed by atoms with E-state index < -0.39 is 5.54 Å². The van der Waals surface area contributed by atoms with E-state index >= 15 is 0 Å². The van der Waals surface area contributed by atoms with Crippen LogP contribution in [0.4, 0.5) is 5.69 Å². The van der Waals surface area contributed by atoms with Gasteiger partial charge in [0.05, 0.1) is 5.52 Å². The number of para-hydroxylation sites is 1. The molecule has 0 aliphatic carbocycles. The second kappa shape index (κ2) is 5.92. The Labute approximate surface area is 147 Å². The van der Waals surface area contributed by atoms with Crippen LogP contribution in [0.5, 0.6) is 5.88 Å². The van der Waals surface area contributed by atoms with Crippen LogP contribution in [0.1, 0.15) is 27.7 Å². The molecule has 0 saturated heterocycles. The standard InChI is InChI=1S/C20H23N3O2/c1-6-11-22(13(2)24)17-15-12-14-9-7-8-10-16(14)21-18(15)23(19(17)25)20(3,4)5/h6-10,12,25H,1,11H2,2-5H3. The van der Waals surface area contributed by atoms with Gasteiger partial charge in [-0.2, -0.15) is 0 Å². The first-order valence-electron chi connectivity index (χ1n) is 8.28. The Hall–Kier alpha value is -2.82. The van der Waals surface area contributed by atoms with E-state index in [2.05, 4.69) is 6.58 Å². The summed E-state index contributed by atoms with van der Waals surface area (Å²) in [6.45, 7) is 11.5. The number of fused-ring (bicyclic) bond motifs is 2. The molecule has 5 nitrogen and oxygen atoms in total. The number of aromatic nitrogens is 2. The molecule has 0 bridgehead atoms. The molecule has 130 valence electrons. The quantitative estimate of drug-likeness (QED) is 0.729. The van der Waals surface area contributed by atoms with Crippen molar-refractivity contribution in [1.82, 2.24) is 9.55 Å².